The first-order chi connectivity index (χ1) is 12.1. The summed E-state index contributed by atoms with van der Waals surface area (Å²) in [5.41, 5.74) is 3.23. The molecule has 130 valence electrons. The molecular formula is C20H23N3O2. The topological polar surface area (TPSA) is 60.2 Å². The number of imidazole rings is 1. The van der Waals surface area contributed by atoms with E-state index in [-0.39, 0.29) is 0 Å². The molecule has 0 aliphatic heterocycles. The summed E-state index contributed by atoms with van der Waals surface area (Å²) in [6, 6.07) is 9.78. The van der Waals surface area contributed by atoms with Crippen LogP contribution in [0.15, 0.2) is 55.1 Å². The van der Waals surface area contributed by atoms with Crippen LogP contribution in [0, 0.1) is 13.8 Å². The summed E-state index contributed by atoms with van der Waals surface area (Å²) in [4.78, 5) is 8.35. The molecule has 0 saturated carbocycles. The second kappa shape index (κ2) is 7.94. The molecule has 2 heterocycles. The summed E-state index contributed by atoms with van der Waals surface area (Å²) in [6.07, 6.45) is 6.99. The molecule has 1 N–H and O–H groups in total. The lowest BCUT2D eigenvalue weighted by atomic mass is 10.1. The van der Waals surface area contributed by atoms with Gasteiger partial charge in [-0.15, -0.1) is 0 Å². The van der Waals surface area contributed by atoms with Gasteiger partial charge in [0.25, 0.3) is 0 Å². The third-order valence-electron chi connectivity index (χ3n) is 4.28. The van der Waals surface area contributed by atoms with E-state index in [1.807, 2.05) is 29.0 Å². The second-order valence-corrected chi connectivity index (χ2v) is 6.12. The van der Waals surface area contributed by atoms with Crippen molar-refractivity contribution in [2.75, 3.05) is 6.61 Å². The molecule has 0 aliphatic carbocycles. The molecule has 5 nitrogen and oxygen atoms in total. The first-order valence-corrected chi connectivity index (χ1v) is 8.44. The Morgan fingerprint density at radius 2 is 2.04 bits per heavy atom. The summed E-state index contributed by atoms with van der Waals surface area (Å²) >= 11 is 0. The van der Waals surface area contributed by atoms with E-state index in [1.165, 1.54) is 11.1 Å². The Hall–Kier alpha value is -2.66. The fourth-order valence-electron chi connectivity index (χ4n) is 2.67. The van der Waals surface area contributed by atoms with Gasteiger partial charge >= 0.3 is 0 Å². The Morgan fingerprint density at radius 3 is 2.80 bits per heavy atom. The molecule has 3 aromatic rings. The van der Waals surface area contributed by atoms with Gasteiger partial charge in [-0.3, -0.25) is 4.98 Å². The standard InChI is InChI=1S/C20H23N3O2/c1-15-6-7-18(13-16(15)2)25-12-4-10-23-11-9-22-20(23)19(24)17-5-3-8-21-14-17/h3,5-9,11,13-14,19,24H,4,10,12H2,1-2H3. The van der Waals surface area contributed by atoms with Gasteiger partial charge in [0.15, 0.2) is 0 Å². The molecule has 0 radical (unpaired) electrons. The van der Waals surface area contributed by atoms with Crippen LogP contribution in [-0.2, 0) is 6.54 Å². The molecule has 5 heteroatoms. The first-order valence-electron chi connectivity index (χ1n) is 8.44. The number of benzene rings is 1. The fourth-order valence-corrected chi connectivity index (χ4v) is 2.67. The molecule has 0 aliphatic rings. The summed E-state index contributed by atoms with van der Waals surface area (Å²) in [7, 11) is 0. The number of hydrogen-bond acceptors (Lipinski definition) is 4. The molecule has 1 unspecified atom stereocenters. The van der Waals surface area contributed by atoms with Gasteiger partial charge in [0.05, 0.1) is 6.61 Å². The predicted molar refractivity (Wildman–Crippen MR) is 96.6 cm³/mol. The van der Waals surface area contributed by atoms with E-state index in [0.717, 1.165) is 24.3 Å². The lowest BCUT2D eigenvalue weighted by molar-refractivity contribution is 0.202. The number of aliphatic hydroxyl groups excluding tert-OH is 1. The average Bonchev–Trinajstić information content (AvgIpc) is 3.10. The number of ether oxygens (including phenoxy) is 1. The summed E-state index contributed by atoms with van der Waals surface area (Å²) in [5.74, 6) is 1.52. The van der Waals surface area contributed by atoms with Crippen LogP contribution >= 0.6 is 0 Å². The van der Waals surface area contributed by atoms with Crippen LogP contribution in [0.1, 0.15) is 35.0 Å². The van der Waals surface area contributed by atoms with Crippen molar-refractivity contribution in [3.63, 3.8) is 0 Å². The van der Waals surface area contributed by atoms with Crippen molar-refractivity contribution in [1.82, 2.24) is 14.5 Å². The number of aromatic nitrogens is 3. The second-order valence-electron chi connectivity index (χ2n) is 6.12. The highest BCUT2D eigenvalue weighted by Crippen LogP contribution is 2.20. The lowest BCUT2D eigenvalue weighted by Crippen LogP contribution is -2.12. The third kappa shape index (κ3) is 4.25. The van der Waals surface area contributed by atoms with Crippen LogP contribution in [0.5, 0.6) is 5.75 Å². The fraction of sp³-hybridized carbons (Fsp3) is 0.300. The van der Waals surface area contributed by atoms with Crippen LogP contribution in [-0.4, -0.2) is 26.2 Å². The van der Waals surface area contributed by atoms with Gasteiger partial charge in [-0.2, -0.15) is 0 Å². The predicted octanol–water partition coefficient (Wildman–Crippen LogP) is 3.45. The summed E-state index contributed by atoms with van der Waals surface area (Å²) < 4.78 is 7.78. The Labute approximate surface area is 148 Å². The molecule has 3 rings (SSSR count). The summed E-state index contributed by atoms with van der Waals surface area (Å²) in [6.45, 7) is 5.52. The summed E-state index contributed by atoms with van der Waals surface area (Å²) in [5, 5.41) is 10.5. The average molecular weight is 337 g/mol. The van der Waals surface area contributed by atoms with E-state index in [1.54, 1.807) is 18.6 Å². The zero-order chi connectivity index (χ0) is 17.6. The molecule has 0 fully saturated rings. The Morgan fingerprint density at radius 1 is 1.16 bits per heavy atom. The van der Waals surface area contributed by atoms with Gasteiger partial charge in [0.1, 0.15) is 17.7 Å². The number of hydrogen-bond donors (Lipinski definition) is 1. The van der Waals surface area contributed by atoms with Crippen molar-refractivity contribution >= 4 is 0 Å². The van der Waals surface area contributed by atoms with Crippen molar-refractivity contribution in [2.24, 2.45) is 0 Å². The first kappa shape index (κ1) is 17.2. The van der Waals surface area contributed by atoms with Crippen LogP contribution in [0.3, 0.4) is 0 Å². The van der Waals surface area contributed by atoms with Gasteiger partial charge in [0.2, 0.25) is 0 Å². The number of nitrogens with zero attached hydrogens (tertiary/aromatic N) is 3. The molecule has 25 heavy (non-hydrogen) atoms. The van der Waals surface area contributed by atoms with E-state index in [2.05, 4.69) is 35.9 Å². The maximum atomic E-state index is 10.5. The maximum Gasteiger partial charge on any atom is 0.142 e. The zero-order valence-corrected chi connectivity index (χ0v) is 14.6. The van der Waals surface area contributed by atoms with Crippen molar-refractivity contribution in [3.8, 4) is 5.75 Å². The van der Waals surface area contributed by atoms with Gasteiger partial charge in [0, 0.05) is 36.9 Å². The molecule has 0 bridgehead atoms. The van der Waals surface area contributed by atoms with Crippen LogP contribution in [0.4, 0.5) is 0 Å². The van der Waals surface area contributed by atoms with E-state index in [4.69, 9.17) is 4.74 Å². The minimum absolute atomic E-state index is 0.614. The van der Waals surface area contributed by atoms with Gasteiger partial charge in [-0.05, 0) is 49.6 Å². The molecule has 0 amide bonds. The van der Waals surface area contributed by atoms with Gasteiger partial charge < -0.3 is 14.4 Å². The highest BCUT2D eigenvalue weighted by atomic mass is 16.5. The minimum Gasteiger partial charge on any atom is -0.494 e. The van der Waals surface area contributed by atoms with Crippen molar-refractivity contribution in [2.45, 2.75) is 32.9 Å². The van der Waals surface area contributed by atoms with Crippen LogP contribution in [0.25, 0.3) is 0 Å². The van der Waals surface area contributed by atoms with Crippen LogP contribution < -0.4 is 4.74 Å². The van der Waals surface area contributed by atoms with Crippen molar-refractivity contribution < 1.29 is 9.84 Å². The Balaban J connectivity index is 1.56. The quantitative estimate of drug-likeness (QED) is 0.671. The highest BCUT2D eigenvalue weighted by Gasteiger charge is 2.16. The van der Waals surface area contributed by atoms with Crippen molar-refractivity contribution in [1.29, 1.82) is 0 Å². The zero-order valence-electron chi connectivity index (χ0n) is 14.6. The van der Waals surface area contributed by atoms with E-state index < -0.39 is 6.10 Å². The van der Waals surface area contributed by atoms with Crippen molar-refractivity contribution in [3.05, 3.63) is 77.6 Å². The third-order valence-corrected chi connectivity index (χ3v) is 4.28. The SMILES string of the molecule is Cc1ccc(OCCCn2ccnc2C(O)c2cccnc2)cc1C. The number of rotatable bonds is 7. The minimum atomic E-state index is -0.774. The normalized spacial score (nSPS) is 12.1. The molecule has 1 aromatic carbocycles. The monoisotopic (exact) mass is 337 g/mol. The number of aliphatic hydroxyl groups is 1. The molecule has 2 aromatic heterocycles. The lowest BCUT2D eigenvalue weighted by Gasteiger charge is -2.14. The molecule has 0 spiro atoms. The highest BCUT2D eigenvalue weighted by molar-refractivity contribution is 5.33. The Bertz CT molecular complexity index is 815. The molecule has 1 atom stereocenters. The van der Waals surface area contributed by atoms with Crippen LogP contribution in [0.2, 0.25) is 0 Å². The largest absolute Gasteiger partial charge is 0.494 e. The van der Waals surface area contributed by atoms with Gasteiger partial charge in [-0.1, -0.05) is 12.1 Å². The number of aryl methyl sites for hydroxylation is 3. The molecular weight excluding hydrogens is 314 g/mol. The number of pyridine rings is 1. The smallest absolute Gasteiger partial charge is 0.142 e. The Kier molecular flexibility index (Phi) is 5.46. The molecule has 0 saturated heterocycles. The van der Waals surface area contributed by atoms with E-state index in [0.29, 0.717) is 12.4 Å². The van der Waals surface area contributed by atoms with E-state index in [9.17, 15) is 5.11 Å². The maximum absolute atomic E-state index is 10.5. The van der Waals surface area contributed by atoms with E-state index >= 15 is 0 Å². The van der Waals surface area contributed by atoms with Gasteiger partial charge in [-0.25, -0.2) is 4.98 Å².